The van der Waals surface area contributed by atoms with Crippen molar-refractivity contribution in [1.82, 2.24) is 4.98 Å². The van der Waals surface area contributed by atoms with Crippen molar-refractivity contribution in [2.24, 2.45) is 17.8 Å². The number of hydrogen-bond acceptors (Lipinski definition) is 3. The normalized spacial score (nSPS) is 11.4. The number of nitrogens with one attached hydrogen (secondary N) is 1. The van der Waals surface area contributed by atoms with Crippen molar-refractivity contribution in [1.29, 1.82) is 0 Å². The van der Waals surface area contributed by atoms with Crippen molar-refractivity contribution >= 4 is 23.4 Å². The van der Waals surface area contributed by atoms with Gasteiger partial charge in [0.1, 0.15) is 11.0 Å². The highest BCUT2D eigenvalue weighted by atomic mass is 35.5. The average Bonchev–Trinajstić information content (AvgIpc) is 2.27. The molecule has 0 saturated carbocycles. The minimum absolute atomic E-state index is 0.146. The van der Waals surface area contributed by atoms with Gasteiger partial charge in [-0.3, -0.25) is 0 Å². The number of rotatable bonds is 6. The van der Waals surface area contributed by atoms with Crippen LogP contribution >= 0.6 is 11.6 Å². The van der Waals surface area contributed by atoms with E-state index in [0.29, 0.717) is 23.6 Å². The fraction of sp³-hybridized carbons (Fsp3) is 0.571. The van der Waals surface area contributed by atoms with Crippen LogP contribution in [0.4, 0.5) is 5.82 Å². The smallest absolute Gasteiger partial charge is 0.335 e. The van der Waals surface area contributed by atoms with Gasteiger partial charge in [0.05, 0.1) is 5.56 Å². The SMILES string of the molecule is CC(C)C(CNc1cc(C(=O)O)cc(Cl)n1)C(C)C. The van der Waals surface area contributed by atoms with E-state index in [9.17, 15) is 4.79 Å². The summed E-state index contributed by atoms with van der Waals surface area (Å²) in [6.45, 7) is 9.48. The van der Waals surface area contributed by atoms with Crippen molar-refractivity contribution in [3.05, 3.63) is 22.8 Å². The standard InChI is InChI=1S/C14H21ClN2O2/c1-8(2)11(9(3)4)7-16-13-6-10(14(18)19)5-12(15)17-13/h5-6,8-9,11H,7H2,1-4H3,(H,16,17)(H,18,19). The second-order valence-electron chi connectivity index (χ2n) is 5.40. The highest BCUT2D eigenvalue weighted by Gasteiger charge is 2.17. The van der Waals surface area contributed by atoms with Crippen molar-refractivity contribution < 1.29 is 9.90 Å². The summed E-state index contributed by atoms with van der Waals surface area (Å²) in [5.74, 6) is 1.10. The Morgan fingerprint density at radius 1 is 1.32 bits per heavy atom. The van der Waals surface area contributed by atoms with E-state index in [1.54, 1.807) is 0 Å². The molecule has 19 heavy (non-hydrogen) atoms. The first-order valence-corrected chi connectivity index (χ1v) is 6.83. The fourth-order valence-electron chi connectivity index (χ4n) is 2.17. The lowest BCUT2D eigenvalue weighted by molar-refractivity contribution is 0.0697. The van der Waals surface area contributed by atoms with E-state index < -0.39 is 5.97 Å². The number of carboxylic acids is 1. The van der Waals surface area contributed by atoms with E-state index in [1.165, 1.54) is 12.1 Å². The number of nitrogens with zero attached hydrogens (tertiary/aromatic N) is 1. The van der Waals surface area contributed by atoms with Crippen LogP contribution in [0.25, 0.3) is 0 Å². The summed E-state index contributed by atoms with van der Waals surface area (Å²) in [6.07, 6.45) is 0. The Balaban J connectivity index is 2.79. The van der Waals surface area contributed by atoms with Crippen molar-refractivity contribution in [2.75, 3.05) is 11.9 Å². The summed E-state index contributed by atoms with van der Waals surface area (Å²) in [4.78, 5) is 15.0. The van der Waals surface area contributed by atoms with Gasteiger partial charge in [-0.25, -0.2) is 9.78 Å². The Kier molecular flexibility index (Phi) is 5.60. The van der Waals surface area contributed by atoms with E-state index in [1.807, 2.05) is 0 Å². The monoisotopic (exact) mass is 284 g/mol. The molecule has 0 radical (unpaired) electrons. The molecule has 5 heteroatoms. The summed E-state index contributed by atoms with van der Waals surface area (Å²) in [5, 5.41) is 12.3. The molecule has 0 amide bonds. The van der Waals surface area contributed by atoms with E-state index in [-0.39, 0.29) is 10.7 Å². The van der Waals surface area contributed by atoms with E-state index in [4.69, 9.17) is 16.7 Å². The number of hydrogen-bond donors (Lipinski definition) is 2. The molecule has 0 unspecified atom stereocenters. The Morgan fingerprint density at radius 3 is 2.37 bits per heavy atom. The lowest BCUT2D eigenvalue weighted by atomic mass is 9.85. The average molecular weight is 285 g/mol. The van der Waals surface area contributed by atoms with E-state index >= 15 is 0 Å². The van der Waals surface area contributed by atoms with E-state index in [2.05, 4.69) is 38.0 Å². The van der Waals surface area contributed by atoms with Crippen molar-refractivity contribution in [3.8, 4) is 0 Å². The number of aromatic nitrogens is 1. The van der Waals surface area contributed by atoms with Gasteiger partial charge in [-0.15, -0.1) is 0 Å². The number of halogens is 1. The Labute approximate surface area is 119 Å². The Bertz CT molecular complexity index is 439. The molecule has 1 heterocycles. The highest BCUT2D eigenvalue weighted by Crippen LogP contribution is 2.22. The van der Waals surface area contributed by atoms with Gasteiger partial charge >= 0.3 is 5.97 Å². The molecular formula is C14H21ClN2O2. The molecule has 0 aliphatic heterocycles. The second-order valence-corrected chi connectivity index (χ2v) is 5.79. The summed E-state index contributed by atoms with van der Waals surface area (Å²) in [7, 11) is 0. The zero-order chi connectivity index (χ0) is 14.6. The zero-order valence-corrected chi connectivity index (χ0v) is 12.5. The van der Waals surface area contributed by atoms with Crippen LogP contribution in [0.1, 0.15) is 38.1 Å². The first kappa shape index (κ1) is 15.8. The van der Waals surface area contributed by atoms with Crippen LogP contribution in [0, 0.1) is 17.8 Å². The molecule has 1 aromatic heterocycles. The molecule has 0 bridgehead atoms. The summed E-state index contributed by atoms with van der Waals surface area (Å²) < 4.78 is 0. The van der Waals surface area contributed by atoms with Gasteiger partial charge in [0.15, 0.2) is 0 Å². The molecule has 1 rings (SSSR count). The highest BCUT2D eigenvalue weighted by molar-refractivity contribution is 6.29. The first-order valence-electron chi connectivity index (χ1n) is 6.46. The number of carbonyl (C=O) groups is 1. The second kappa shape index (κ2) is 6.75. The van der Waals surface area contributed by atoms with Gasteiger partial charge in [-0.05, 0) is 29.9 Å². The molecule has 1 aromatic rings. The van der Waals surface area contributed by atoms with Gasteiger partial charge in [-0.2, -0.15) is 0 Å². The topological polar surface area (TPSA) is 62.2 Å². The quantitative estimate of drug-likeness (QED) is 0.781. The number of aromatic carboxylic acids is 1. The fourth-order valence-corrected chi connectivity index (χ4v) is 2.38. The van der Waals surface area contributed by atoms with Gasteiger partial charge in [0.25, 0.3) is 0 Å². The Morgan fingerprint density at radius 2 is 1.89 bits per heavy atom. The number of anilines is 1. The maximum Gasteiger partial charge on any atom is 0.335 e. The third-order valence-electron chi connectivity index (χ3n) is 3.27. The van der Waals surface area contributed by atoms with Crippen LogP contribution in [-0.4, -0.2) is 22.6 Å². The predicted molar refractivity (Wildman–Crippen MR) is 77.9 cm³/mol. The minimum Gasteiger partial charge on any atom is -0.478 e. The maximum absolute atomic E-state index is 10.9. The van der Waals surface area contributed by atoms with Crippen LogP contribution in [0.5, 0.6) is 0 Å². The van der Waals surface area contributed by atoms with Gasteiger partial charge in [0.2, 0.25) is 0 Å². The van der Waals surface area contributed by atoms with E-state index in [0.717, 1.165) is 6.54 Å². The van der Waals surface area contributed by atoms with Crippen LogP contribution in [0.15, 0.2) is 12.1 Å². The maximum atomic E-state index is 10.9. The predicted octanol–water partition coefficient (Wildman–Crippen LogP) is 3.77. The molecule has 2 N–H and O–H groups in total. The van der Waals surface area contributed by atoms with Crippen LogP contribution in [-0.2, 0) is 0 Å². The van der Waals surface area contributed by atoms with Crippen LogP contribution < -0.4 is 5.32 Å². The third kappa shape index (κ3) is 4.71. The molecule has 0 aliphatic carbocycles. The molecule has 4 nitrogen and oxygen atoms in total. The lowest BCUT2D eigenvalue weighted by Crippen LogP contribution is -2.25. The molecule has 0 aliphatic rings. The summed E-state index contributed by atoms with van der Waals surface area (Å²) >= 11 is 5.82. The summed E-state index contributed by atoms with van der Waals surface area (Å²) in [6, 6.07) is 2.85. The largest absolute Gasteiger partial charge is 0.478 e. The first-order chi connectivity index (χ1) is 8.81. The molecule has 106 valence electrons. The summed E-state index contributed by atoms with van der Waals surface area (Å²) in [5.41, 5.74) is 0.146. The number of pyridine rings is 1. The van der Waals surface area contributed by atoms with Crippen molar-refractivity contribution in [3.63, 3.8) is 0 Å². The van der Waals surface area contributed by atoms with Gasteiger partial charge in [-0.1, -0.05) is 39.3 Å². The molecule has 0 saturated heterocycles. The molecule has 0 spiro atoms. The molecule has 0 fully saturated rings. The Hall–Kier alpha value is -1.29. The van der Waals surface area contributed by atoms with Crippen LogP contribution in [0.2, 0.25) is 5.15 Å². The van der Waals surface area contributed by atoms with Crippen LogP contribution in [0.3, 0.4) is 0 Å². The lowest BCUT2D eigenvalue weighted by Gasteiger charge is -2.25. The van der Waals surface area contributed by atoms with Crippen molar-refractivity contribution in [2.45, 2.75) is 27.7 Å². The molecule has 0 aromatic carbocycles. The molecule has 0 atom stereocenters. The number of carboxylic acid groups (broad SMARTS) is 1. The minimum atomic E-state index is -1.00. The zero-order valence-electron chi connectivity index (χ0n) is 11.8. The van der Waals surface area contributed by atoms with Gasteiger partial charge < -0.3 is 10.4 Å². The third-order valence-corrected chi connectivity index (χ3v) is 3.47. The van der Waals surface area contributed by atoms with Gasteiger partial charge in [0, 0.05) is 6.54 Å². The molecular weight excluding hydrogens is 264 g/mol.